The number of aryl methyl sites for hydroxylation is 3. The largest absolute Gasteiger partial charge is 0.352 e. The van der Waals surface area contributed by atoms with Gasteiger partial charge in [-0.1, -0.05) is 12.1 Å². The van der Waals surface area contributed by atoms with Crippen LogP contribution in [0.1, 0.15) is 35.1 Å². The first-order chi connectivity index (χ1) is 9.08. The summed E-state index contributed by atoms with van der Waals surface area (Å²) < 4.78 is 0. The number of hydrogen-bond acceptors (Lipinski definition) is 2. The molecule has 1 atom stereocenters. The van der Waals surface area contributed by atoms with Crippen molar-refractivity contribution < 1.29 is 4.79 Å². The highest BCUT2D eigenvalue weighted by atomic mass is 16.1. The topological polar surface area (TPSA) is 41.1 Å². The van der Waals surface area contributed by atoms with Crippen molar-refractivity contribution >= 4 is 5.91 Å². The molecule has 1 fully saturated rings. The van der Waals surface area contributed by atoms with Gasteiger partial charge in [0.2, 0.25) is 5.91 Å². The Labute approximate surface area is 115 Å². The molecule has 1 saturated heterocycles. The summed E-state index contributed by atoms with van der Waals surface area (Å²) in [5, 5.41) is 6.36. The van der Waals surface area contributed by atoms with Gasteiger partial charge in [-0.25, -0.2) is 0 Å². The van der Waals surface area contributed by atoms with Crippen molar-refractivity contribution in [3.63, 3.8) is 0 Å². The van der Waals surface area contributed by atoms with Crippen molar-refractivity contribution in [2.75, 3.05) is 13.1 Å². The van der Waals surface area contributed by atoms with Crippen molar-refractivity contribution in [3.05, 3.63) is 34.4 Å². The minimum atomic E-state index is 0.139. The van der Waals surface area contributed by atoms with E-state index in [0.717, 1.165) is 25.9 Å². The highest BCUT2D eigenvalue weighted by molar-refractivity contribution is 5.79. The van der Waals surface area contributed by atoms with E-state index < -0.39 is 0 Å². The number of rotatable bonds is 3. The molecule has 0 radical (unpaired) electrons. The molecule has 1 amide bonds. The summed E-state index contributed by atoms with van der Waals surface area (Å²) in [4.78, 5) is 12.1. The van der Waals surface area contributed by atoms with Gasteiger partial charge in [0.05, 0.1) is 5.92 Å². The van der Waals surface area contributed by atoms with Gasteiger partial charge >= 0.3 is 0 Å². The second kappa shape index (κ2) is 6.20. The molecule has 1 aliphatic heterocycles. The average molecular weight is 260 g/mol. The number of amides is 1. The molecule has 3 heteroatoms. The Bertz CT molecular complexity index is 462. The lowest BCUT2D eigenvalue weighted by Gasteiger charge is -2.22. The van der Waals surface area contributed by atoms with Gasteiger partial charge in [-0.2, -0.15) is 0 Å². The Morgan fingerprint density at radius 2 is 2.00 bits per heavy atom. The van der Waals surface area contributed by atoms with Gasteiger partial charge < -0.3 is 10.6 Å². The van der Waals surface area contributed by atoms with Gasteiger partial charge in [-0.15, -0.1) is 0 Å². The quantitative estimate of drug-likeness (QED) is 0.875. The number of hydrogen-bond donors (Lipinski definition) is 2. The first kappa shape index (κ1) is 14.1. The molecule has 0 aliphatic carbocycles. The van der Waals surface area contributed by atoms with Crippen LogP contribution in [0.25, 0.3) is 0 Å². The molecular weight excluding hydrogens is 236 g/mol. The van der Waals surface area contributed by atoms with E-state index in [1.807, 2.05) is 0 Å². The van der Waals surface area contributed by atoms with Crippen LogP contribution in [-0.4, -0.2) is 19.0 Å². The fourth-order valence-electron chi connectivity index (χ4n) is 2.61. The van der Waals surface area contributed by atoms with Crippen LogP contribution in [0.4, 0.5) is 0 Å². The Hall–Kier alpha value is -1.35. The zero-order valence-corrected chi connectivity index (χ0v) is 12.2. The Balaban J connectivity index is 1.94. The van der Waals surface area contributed by atoms with Gasteiger partial charge in [0.25, 0.3) is 0 Å². The number of carbonyl (C=O) groups excluding carboxylic acids is 1. The van der Waals surface area contributed by atoms with E-state index in [1.165, 1.54) is 22.3 Å². The molecule has 19 heavy (non-hydrogen) atoms. The maximum Gasteiger partial charge on any atom is 0.224 e. The monoisotopic (exact) mass is 260 g/mol. The molecule has 2 N–H and O–H groups in total. The normalized spacial score (nSPS) is 19.2. The van der Waals surface area contributed by atoms with Gasteiger partial charge in [-0.3, -0.25) is 4.79 Å². The Morgan fingerprint density at radius 1 is 1.26 bits per heavy atom. The third kappa shape index (κ3) is 3.57. The Kier molecular flexibility index (Phi) is 4.59. The maximum atomic E-state index is 12.1. The molecule has 0 aromatic heterocycles. The summed E-state index contributed by atoms with van der Waals surface area (Å²) in [7, 11) is 0. The molecule has 2 rings (SSSR count). The second-order valence-electron chi connectivity index (χ2n) is 5.62. The van der Waals surface area contributed by atoms with Crippen LogP contribution in [0.15, 0.2) is 12.1 Å². The summed E-state index contributed by atoms with van der Waals surface area (Å²) in [5.74, 6) is 0.324. The number of nitrogens with one attached hydrogen (secondary N) is 2. The van der Waals surface area contributed by atoms with Crippen molar-refractivity contribution in [1.29, 1.82) is 0 Å². The molecule has 1 aliphatic rings. The number of piperidine rings is 1. The minimum Gasteiger partial charge on any atom is -0.352 e. The SMILES string of the molecule is Cc1cc(C)c(CNC(=O)C2CCCNC2)cc1C. The van der Waals surface area contributed by atoms with E-state index >= 15 is 0 Å². The highest BCUT2D eigenvalue weighted by Gasteiger charge is 2.20. The predicted molar refractivity (Wildman–Crippen MR) is 78.1 cm³/mol. The van der Waals surface area contributed by atoms with E-state index in [4.69, 9.17) is 0 Å². The van der Waals surface area contributed by atoms with Crippen molar-refractivity contribution in [1.82, 2.24) is 10.6 Å². The summed E-state index contributed by atoms with van der Waals surface area (Å²) in [6, 6.07) is 4.38. The molecule has 0 spiro atoms. The first-order valence-electron chi connectivity index (χ1n) is 7.13. The summed E-state index contributed by atoms with van der Waals surface area (Å²) in [5.41, 5.74) is 5.07. The van der Waals surface area contributed by atoms with Crippen LogP contribution in [0.2, 0.25) is 0 Å². The fraction of sp³-hybridized carbons (Fsp3) is 0.562. The Morgan fingerprint density at radius 3 is 2.68 bits per heavy atom. The van der Waals surface area contributed by atoms with Crippen molar-refractivity contribution in [3.8, 4) is 0 Å². The van der Waals surface area contributed by atoms with Gasteiger partial charge in [0.15, 0.2) is 0 Å². The predicted octanol–water partition coefficient (Wildman–Crippen LogP) is 2.23. The third-order valence-corrected chi connectivity index (χ3v) is 4.07. The van der Waals surface area contributed by atoms with E-state index in [2.05, 4.69) is 43.5 Å². The molecule has 0 bridgehead atoms. The number of benzene rings is 1. The van der Waals surface area contributed by atoms with Crippen molar-refractivity contribution in [2.24, 2.45) is 5.92 Å². The van der Waals surface area contributed by atoms with Crippen LogP contribution >= 0.6 is 0 Å². The van der Waals surface area contributed by atoms with Gasteiger partial charge in [0, 0.05) is 13.1 Å². The molecule has 1 aromatic carbocycles. The van der Waals surface area contributed by atoms with Crippen molar-refractivity contribution in [2.45, 2.75) is 40.2 Å². The summed E-state index contributed by atoms with van der Waals surface area (Å²) in [6.45, 7) is 8.85. The summed E-state index contributed by atoms with van der Waals surface area (Å²) >= 11 is 0. The van der Waals surface area contributed by atoms with Gasteiger partial charge in [0.1, 0.15) is 0 Å². The molecule has 3 nitrogen and oxygen atoms in total. The van der Waals surface area contributed by atoms with E-state index in [0.29, 0.717) is 6.54 Å². The molecular formula is C16H24N2O. The van der Waals surface area contributed by atoms with E-state index in [9.17, 15) is 4.79 Å². The third-order valence-electron chi connectivity index (χ3n) is 4.07. The molecule has 1 unspecified atom stereocenters. The fourth-order valence-corrected chi connectivity index (χ4v) is 2.61. The molecule has 1 heterocycles. The van der Waals surface area contributed by atoms with Crippen LogP contribution in [0.3, 0.4) is 0 Å². The second-order valence-corrected chi connectivity index (χ2v) is 5.62. The number of carbonyl (C=O) groups is 1. The molecule has 104 valence electrons. The first-order valence-corrected chi connectivity index (χ1v) is 7.13. The van der Waals surface area contributed by atoms with Crippen LogP contribution in [-0.2, 0) is 11.3 Å². The lowest BCUT2D eigenvalue weighted by molar-refractivity contribution is -0.125. The average Bonchev–Trinajstić information content (AvgIpc) is 2.42. The van der Waals surface area contributed by atoms with Crippen LogP contribution in [0, 0.1) is 26.7 Å². The van der Waals surface area contributed by atoms with Crippen LogP contribution < -0.4 is 10.6 Å². The standard InChI is InChI=1S/C16H24N2O/c1-11-7-13(3)15(8-12(11)2)10-18-16(19)14-5-4-6-17-9-14/h7-8,14,17H,4-6,9-10H2,1-3H3,(H,18,19). The molecule has 0 saturated carbocycles. The molecule has 1 aromatic rings. The van der Waals surface area contributed by atoms with E-state index in [-0.39, 0.29) is 11.8 Å². The smallest absolute Gasteiger partial charge is 0.224 e. The maximum absolute atomic E-state index is 12.1. The summed E-state index contributed by atoms with van der Waals surface area (Å²) in [6.07, 6.45) is 2.10. The highest BCUT2D eigenvalue weighted by Crippen LogP contribution is 2.16. The lowest BCUT2D eigenvalue weighted by atomic mass is 9.98. The zero-order chi connectivity index (χ0) is 13.8. The van der Waals surface area contributed by atoms with E-state index in [1.54, 1.807) is 0 Å². The zero-order valence-electron chi connectivity index (χ0n) is 12.2. The minimum absolute atomic E-state index is 0.139. The van der Waals surface area contributed by atoms with Crippen LogP contribution in [0.5, 0.6) is 0 Å². The van der Waals surface area contributed by atoms with Gasteiger partial charge in [-0.05, 0) is 62.4 Å². The lowest BCUT2D eigenvalue weighted by Crippen LogP contribution is -2.40.